The van der Waals surface area contributed by atoms with Crippen LogP contribution in [0.1, 0.15) is 23.8 Å². The molecule has 0 aliphatic carbocycles. The van der Waals surface area contributed by atoms with E-state index in [1.165, 1.54) is 16.7 Å². The van der Waals surface area contributed by atoms with Crippen LogP contribution in [0.3, 0.4) is 0 Å². The van der Waals surface area contributed by atoms with Gasteiger partial charge in [0, 0.05) is 11.8 Å². The number of aliphatic imine (C=N–C) groups is 1. The molecule has 7 heteroatoms. The molecule has 0 radical (unpaired) electrons. The van der Waals surface area contributed by atoms with Crippen molar-refractivity contribution in [2.75, 3.05) is 10.2 Å². The average molecular weight is 446 g/mol. The highest BCUT2D eigenvalue weighted by Gasteiger charge is 2.34. The van der Waals surface area contributed by atoms with E-state index in [2.05, 4.69) is 10.3 Å². The minimum atomic E-state index is -0.477. The fraction of sp³-hybridized carbons (Fsp3) is 0.160. The average Bonchev–Trinajstić information content (AvgIpc) is 3.39. The summed E-state index contributed by atoms with van der Waals surface area (Å²) in [7, 11) is 0. The van der Waals surface area contributed by atoms with Crippen molar-refractivity contribution in [2.45, 2.75) is 26.0 Å². The van der Waals surface area contributed by atoms with E-state index in [0.717, 1.165) is 16.8 Å². The number of furan rings is 1. The van der Waals surface area contributed by atoms with Gasteiger partial charge in [0.15, 0.2) is 5.17 Å². The number of hydrogen-bond donors (Lipinski definition) is 1. The number of nitrogens with one attached hydrogen (secondary N) is 1. The molecule has 162 valence electrons. The zero-order valence-corrected chi connectivity index (χ0v) is 18.8. The number of anilines is 2. The monoisotopic (exact) mass is 445 g/mol. The van der Waals surface area contributed by atoms with E-state index < -0.39 is 5.25 Å². The summed E-state index contributed by atoms with van der Waals surface area (Å²) >= 11 is 1.24. The Morgan fingerprint density at radius 1 is 1.06 bits per heavy atom. The third-order valence-corrected chi connectivity index (χ3v) is 6.10. The van der Waals surface area contributed by atoms with Gasteiger partial charge in [-0.25, -0.2) is 4.99 Å². The van der Waals surface area contributed by atoms with Crippen LogP contribution in [0.5, 0.6) is 0 Å². The van der Waals surface area contributed by atoms with Crippen LogP contribution in [0.25, 0.3) is 6.08 Å². The molecule has 0 saturated heterocycles. The van der Waals surface area contributed by atoms with E-state index in [1.807, 2.05) is 62.4 Å². The highest BCUT2D eigenvalue weighted by Crippen LogP contribution is 2.31. The SMILES string of the molecule is Cc1cccc(C)c1NC(=O)C(C)SC1=N/C(=C/c2ccco2)C(=O)N1c1ccccc1. The lowest BCUT2D eigenvalue weighted by atomic mass is 10.1. The van der Waals surface area contributed by atoms with E-state index in [9.17, 15) is 9.59 Å². The number of thioether (sulfide) groups is 1. The molecule has 1 aliphatic rings. The van der Waals surface area contributed by atoms with Gasteiger partial charge in [-0.1, -0.05) is 48.2 Å². The second-order valence-electron chi connectivity index (χ2n) is 7.43. The van der Waals surface area contributed by atoms with Crippen LogP contribution in [0.2, 0.25) is 0 Å². The van der Waals surface area contributed by atoms with Gasteiger partial charge in [-0.3, -0.25) is 14.5 Å². The van der Waals surface area contributed by atoms with Crippen LogP contribution in [0.4, 0.5) is 11.4 Å². The maximum Gasteiger partial charge on any atom is 0.283 e. The summed E-state index contributed by atoms with van der Waals surface area (Å²) in [5.41, 5.74) is 3.76. The van der Waals surface area contributed by atoms with Gasteiger partial charge in [-0.2, -0.15) is 0 Å². The van der Waals surface area contributed by atoms with Crippen LogP contribution in [-0.4, -0.2) is 22.2 Å². The van der Waals surface area contributed by atoms with E-state index in [1.54, 1.807) is 31.4 Å². The molecule has 2 heterocycles. The van der Waals surface area contributed by atoms with Crippen molar-refractivity contribution >= 4 is 46.2 Å². The van der Waals surface area contributed by atoms with Crippen LogP contribution in [0.15, 0.2) is 82.0 Å². The molecule has 6 nitrogen and oxygen atoms in total. The summed E-state index contributed by atoms with van der Waals surface area (Å²) in [6.07, 6.45) is 3.15. The van der Waals surface area contributed by atoms with Gasteiger partial charge in [-0.05, 0) is 56.2 Å². The number of aryl methyl sites for hydroxylation is 2. The largest absolute Gasteiger partial charge is 0.465 e. The van der Waals surface area contributed by atoms with Crippen molar-refractivity contribution in [3.8, 4) is 0 Å². The molecule has 1 unspecified atom stereocenters. The first kappa shape index (κ1) is 21.6. The molecule has 2 aromatic carbocycles. The standard InChI is InChI=1S/C25H23N3O3S/c1-16-9-7-10-17(2)22(16)27-23(29)18(3)32-25-26-21(15-20-13-8-14-31-20)24(30)28(25)19-11-5-4-6-12-19/h4-15,18H,1-3H3,(H,27,29)/b21-15+. The number of amides is 2. The molecule has 0 fully saturated rings. The topological polar surface area (TPSA) is 74.9 Å². The second kappa shape index (κ2) is 9.28. The Kier molecular flexibility index (Phi) is 6.28. The number of nitrogens with zero attached hydrogens (tertiary/aromatic N) is 2. The minimum absolute atomic E-state index is 0.154. The van der Waals surface area contributed by atoms with Gasteiger partial charge in [0.05, 0.1) is 17.2 Å². The predicted molar refractivity (Wildman–Crippen MR) is 130 cm³/mol. The van der Waals surface area contributed by atoms with Gasteiger partial charge in [0.1, 0.15) is 11.5 Å². The maximum atomic E-state index is 13.2. The Balaban J connectivity index is 1.60. The molecule has 2 amide bonds. The van der Waals surface area contributed by atoms with Crippen molar-refractivity contribution in [3.05, 3.63) is 89.5 Å². The molecule has 0 bridgehead atoms. The quantitative estimate of drug-likeness (QED) is 0.534. The molecule has 32 heavy (non-hydrogen) atoms. The number of amidine groups is 1. The third kappa shape index (κ3) is 4.53. The van der Waals surface area contributed by atoms with E-state index in [4.69, 9.17) is 4.42 Å². The molecule has 1 aliphatic heterocycles. The van der Waals surface area contributed by atoms with E-state index in [0.29, 0.717) is 16.6 Å². The number of hydrogen-bond acceptors (Lipinski definition) is 5. The van der Waals surface area contributed by atoms with Gasteiger partial charge >= 0.3 is 0 Å². The summed E-state index contributed by atoms with van der Waals surface area (Å²) in [6, 6.07) is 18.7. The second-order valence-corrected chi connectivity index (χ2v) is 8.74. The van der Waals surface area contributed by atoms with Crippen LogP contribution >= 0.6 is 11.8 Å². The van der Waals surface area contributed by atoms with Gasteiger partial charge < -0.3 is 9.73 Å². The Bertz CT molecular complexity index is 1180. The molecule has 1 atom stereocenters. The summed E-state index contributed by atoms with van der Waals surface area (Å²) in [4.78, 5) is 32.2. The fourth-order valence-electron chi connectivity index (χ4n) is 3.34. The van der Waals surface area contributed by atoms with Crippen molar-refractivity contribution in [2.24, 2.45) is 4.99 Å². The number of para-hydroxylation sites is 2. The first-order chi connectivity index (χ1) is 15.4. The van der Waals surface area contributed by atoms with Gasteiger partial charge in [0.25, 0.3) is 5.91 Å². The third-order valence-electron chi connectivity index (χ3n) is 5.05. The molecule has 1 aromatic heterocycles. The molecule has 1 N–H and O–H groups in total. The highest BCUT2D eigenvalue weighted by atomic mass is 32.2. The highest BCUT2D eigenvalue weighted by molar-refractivity contribution is 8.15. The zero-order valence-electron chi connectivity index (χ0n) is 18.0. The smallest absolute Gasteiger partial charge is 0.283 e. The van der Waals surface area contributed by atoms with Crippen molar-refractivity contribution in [1.82, 2.24) is 0 Å². The number of carbonyl (C=O) groups is 2. The molecule has 0 spiro atoms. The lowest BCUT2D eigenvalue weighted by molar-refractivity contribution is -0.115. The Labute approximate surface area is 191 Å². The number of rotatable bonds is 5. The first-order valence-corrected chi connectivity index (χ1v) is 11.1. The normalized spacial score (nSPS) is 15.7. The molecule has 0 saturated carbocycles. The molecular formula is C25H23N3O3S. The Morgan fingerprint density at radius 2 is 1.78 bits per heavy atom. The van der Waals surface area contributed by atoms with Gasteiger partial charge in [-0.15, -0.1) is 0 Å². The first-order valence-electron chi connectivity index (χ1n) is 10.2. The fourth-order valence-corrected chi connectivity index (χ4v) is 4.26. The van der Waals surface area contributed by atoms with Crippen LogP contribution in [0, 0.1) is 13.8 Å². The van der Waals surface area contributed by atoms with Gasteiger partial charge in [0.2, 0.25) is 5.91 Å². The van der Waals surface area contributed by atoms with Crippen LogP contribution < -0.4 is 10.2 Å². The lowest BCUT2D eigenvalue weighted by Gasteiger charge is -2.20. The maximum absolute atomic E-state index is 13.2. The van der Waals surface area contributed by atoms with E-state index >= 15 is 0 Å². The summed E-state index contributed by atoms with van der Waals surface area (Å²) < 4.78 is 5.34. The molecule has 3 aromatic rings. The van der Waals surface area contributed by atoms with Crippen LogP contribution in [-0.2, 0) is 9.59 Å². The Morgan fingerprint density at radius 3 is 2.44 bits per heavy atom. The van der Waals surface area contributed by atoms with Crippen molar-refractivity contribution < 1.29 is 14.0 Å². The van der Waals surface area contributed by atoms with Crippen molar-refractivity contribution in [3.63, 3.8) is 0 Å². The number of benzene rings is 2. The summed E-state index contributed by atoms with van der Waals surface area (Å²) in [5, 5.41) is 2.99. The van der Waals surface area contributed by atoms with E-state index in [-0.39, 0.29) is 17.5 Å². The minimum Gasteiger partial charge on any atom is -0.465 e. The predicted octanol–water partition coefficient (Wildman–Crippen LogP) is 5.40. The summed E-state index contributed by atoms with van der Waals surface area (Å²) in [5.74, 6) is 0.119. The Hall–Kier alpha value is -3.58. The lowest BCUT2D eigenvalue weighted by Crippen LogP contribution is -2.33. The van der Waals surface area contributed by atoms with Crippen molar-refractivity contribution in [1.29, 1.82) is 0 Å². The number of carbonyl (C=O) groups excluding carboxylic acids is 2. The zero-order chi connectivity index (χ0) is 22.7. The molecule has 4 rings (SSSR count). The molecular weight excluding hydrogens is 422 g/mol. The summed E-state index contributed by atoms with van der Waals surface area (Å²) in [6.45, 7) is 5.73.